The lowest BCUT2D eigenvalue weighted by Gasteiger charge is -2.38. The lowest BCUT2D eigenvalue weighted by atomic mass is 10.1. The molecular weight excluding hydrogens is 210 g/mol. The highest BCUT2D eigenvalue weighted by molar-refractivity contribution is 5.84. The summed E-state index contributed by atoms with van der Waals surface area (Å²) < 4.78 is 1.74. The lowest BCUT2D eigenvalue weighted by Crippen LogP contribution is -2.53. The molecule has 0 spiro atoms. The minimum atomic E-state index is -0.193. The number of nitrogens with one attached hydrogen (secondary N) is 1. The van der Waals surface area contributed by atoms with Gasteiger partial charge in [-0.15, -0.1) is 5.10 Å². The monoisotopic (exact) mass is 223 g/mol. The zero-order valence-electron chi connectivity index (χ0n) is 8.96. The van der Waals surface area contributed by atoms with Gasteiger partial charge in [0, 0.05) is 26.2 Å². The third-order valence-corrected chi connectivity index (χ3v) is 2.52. The molecule has 0 aromatic carbocycles. The highest BCUT2D eigenvalue weighted by Crippen LogP contribution is 2.19. The van der Waals surface area contributed by atoms with Crippen molar-refractivity contribution in [3.63, 3.8) is 0 Å². The zero-order valence-corrected chi connectivity index (χ0v) is 8.96. The second-order valence-electron chi connectivity index (χ2n) is 3.75. The van der Waals surface area contributed by atoms with Crippen LogP contribution in [0.25, 0.3) is 0 Å². The Bertz CT molecular complexity index is 383. The fraction of sp³-hybridized carbons (Fsp3) is 0.556. The van der Waals surface area contributed by atoms with Gasteiger partial charge in [-0.05, 0) is 0 Å². The molecule has 1 fully saturated rings. The number of rotatable bonds is 3. The Kier molecular flexibility index (Phi) is 2.84. The summed E-state index contributed by atoms with van der Waals surface area (Å²) >= 11 is 0. The van der Waals surface area contributed by atoms with E-state index in [1.54, 1.807) is 22.0 Å². The standard InChI is InChI=1S/C9H13N5O2/c1-7(15)10-4-9(16)13-5-8(6-13)14-3-2-11-12-14/h2-3,8H,4-6H2,1H3,(H,10,15). The van der Waals surface area contributed by atoms with Crippen LogP contribution in [-0.2, 0) is 9.59 Å². The van der Waals surface area contributed by atoms with E-state index in [1.165, 1.54) is 6.92 Å². The minimum absolute atomic E-state index is 0.0634. The molecule has 1 N–H and O–H groups in total. The Morgan fingerprint density at radius 3 is 2.81 bits per heavy atom. The van der Waals surface area contributed by atoms with E-state index in [0.29, 0.717) is 13.1 Å². The second-order valence-corrected chi connectivity index (χ2v) is 3.75. The van der Waals surface area contributed by atoms with Crippen molar-refractivity contribution in [2.24, 2.45) is 0 Å². The predicted molar refractivity (Wildman–Crippen MR) is 54.3 cm³/mol. The van der Waals surface area contributed by atoms with E-state index >= 15 is 0 Å². The van der Waals surface area contributed by atoms with Crippen molar-refractivity contribution in [2.45, 2.75) is 13.0 Å². The van der Waals surface area contributed by atoms with Crippen molar-refractivity contribution in [2.75, 3.05) is 19.6 Å². The molecule has 86 valence electrons. The van der Waals surface area contributed by atoms with Gasteiger partial charge in [-0.25, -0.2) is 4.68 Å². The number of hydrogen-bond donors (Lipinski definition) is 1. The van der Waals surface area contributed by atoms with Crippen LogP contribution >= 0.6 is 0 Å². The SMILES string of the molecule is CC(=O)NCC(=O)N1CC(n2ccnn2)C1. The molecule has 2 rings (SSSR count). The Morgan fingerprint density at radius 1 is 1.50 bits per heavy atom. The van der Waals surface area contributed by atoms with Crippen molar-refractivity contribution in [3.05, 3.63) is 12.4 Å². The average Bonchev–Trinajstić information content (AvgIpc) is 2.65. The summed E-state index contributed by atoms with van der Waals surface area (Å²) in [6, 6.07) is 0.212. The van der Waals surface area contributed by atoms with Gasteiger partial charge in [0.05, 0.1) is 18.8 Å². The van der Waals surface area contributed by atoms with E-state index in [0.717, 1.165) is 0 Å². The van der Waals surface area contributed by atoms with Crippen molar-refractivity contribution in [1.82, 2.24) is 25.2 Å². The molecule has 1 aliphatic heterocycles. The third kappa shape index (κ3) is 2.18. The second kappa shape index (κ2) is 4.30. The van der Waals surface area contributed by atoms with Crippen molar-refractivity contribution >= 4 is 11.8 Å². The van der Waals surface area contributed by atoms with Crippen LogP contribution in [0.1, 0.15) is 13.0 Å². The molecule has 7 heteroatoms. The van der Waals surface area contributed by atoms with Gasteiger partial charge < -0.3 is 10.2 Å². The Hall–Kier alpha value is -1.92. The van der Waals surface area contributed by atoms with Gasteiger partial charge >= 0.3 is 0 Å². The fourth-order valence-corrected chi connectivity index (χ4v) is 1.55. The van der Waals surface area contributed by atoms with Gasteiger partial charge in [0.25, 0.3) is 0 Å². The molecule has 1 aromatic heterocycles. The Labute approximate surface area is 92.4 Å². The van der Waals surface area contributed by atoms with E-state index in [2.05, 4.69) is 15.6 Å². The lowest BCUT2D eigenvalue weighted by molar-refractivity contribution is -0.137. The van der Waals surface area contributed by atoms with Crippen LogP contribution in [0.5, 0.6) is 0 Å². The van der Waals surface area contributed by atoms with Crippen molar-refractivity contribution in [1.29, 1.82) is 0 Å². The van der Waals surface area contributed by atoms with Gasteiger partial charge in [-0.2, -0.15) is 0 Å². The quantitative estimate of drug-likeness (QED) is 0.697. The molecule has 0 aliphatic carbocycles. The van der Waals surface area contributed by atoms with Gasteiger partial charge in [-0.1, -0.05) is 5.21 Å². The molecule has 16 heavy (non-hydrogen) atoms. The number of amides is 2. The minimum Gasteiger partial charge on any atom is -0.347 e. The molecule has 7 nitrogen and oxygen atoms in total. The van der Waals surface area contributed by atoms with Crippen LogP contribution in [-0.4, -0.2) is 51.3 Å². The largest absolute Gasteiger partial charge is 0.347 e. The highest BCUT2D eigenvalue weighted by atomic mass is 16.2. The first kappa shape index (κ1) is 10.6. The van der Waals surface area contributed by atoms with Crippen LogP contribution in [0.2, 0.25) is 0 Å². The Morgan fingerprint density at radius 2 is 2.25 bits per heavy atom. The number of likely N-dealkylation sites (tertiary alicyclic amines) is 1. The summed E-state index contributed by atoms with van der Waals surface area (Å²) in [5, 5.41) is 10.1. The maximum absolute atomic E-state index is 11.5. The van der Waals surface area contributed by atoms with Crippen molar-refractivity contribution < 1.29 is 9.59 Å². The van der Waals surface area contributed by atoms with Gasteiger partial charge in [0.15, 0.2) is 0 Å². The van der Waals surface area contributed by atoms with Crippen LogP contribution in [0, 0.1) is 0 Å². The zero-order chi connectivity index (χ0) is 11.5. The summed E-state index contributed by atoms with van der Waals surface area (Å²) in [5.74, 6) is -0.256. The molecule has 1 aromatic rings. The first-order chi connectivity index (χ1) is 7.66. The van der Waals surface area contributed by atoms with Crippen LogP contribution in [0.15, 0.2) is 12.4 Å². The molecule has 2 heterocycles. The van der Waals surface area contributed by atoms with E-state index in [9.17, 15) is 9.59 Å². The normalized spacial score (nSPS) is 15.7. The van der Waals surface area contributed by atoms with E-state index in [-0.39, 0.29) is 24.4 Å². The van der Waals surface area contributed by atoms with Crippen LogP contribution in [0.4, 0.5) is 0 Å². The fourth-order valence-electron chi connectivity index (χ4n) is 1.55. The maximum atomic E-state index is 11.5. The molecule has 1 saturated heterocycles. The third-order valence-electron chi connectivity index (χ3n) is 2.52. The van der Waals surface area contributed by atoms with E-state index in [1.807, 2.05) is 0 Å². The number of hydrogen-bond acceptors (Lipinski definition) is 4. The molecule has 0 saturated carbocycles. The van der Waals surface area contributed by atoms with E-state index < -0.39 is 0 Å². The van der Waals surface area contributed by atoms with Crippen molar-refractivity contribution in [3.8, 4) is 0 Å². The number of aromatic nitrogens is 3. The predicted octanol–water partition coefficient (Wildman–Crippen LogP) is -1.20. The number of carbonyl (C=O) groups is 2. The van der Waals surface area contributed by atoms with Gasteiger partial charge in [-0.3, -0.25) is 9.59 Å². The van der Waals surface area contributed by atoms with Crippen LogP contribution in [0.3, 0.4) is 0 Å². The topological polar surface area (TPSA) is 80.1 Å². The molecule has 0 radical (unpaired) electrons. The molecule has 2 amide bonds. The smallest absolute Gasteiger partial charge is 0.242 e. The molecule has 1 aliphatic rings. The average molecular weight is 223 g/mol. The number of nitrogens with zero attached hydrogens (tertiary/aromatic N) is 4. The first-order valence-electron chi connectivity index (χ1n) is 5.05. The maximum Gasteiger partial charge on any atom is 0.242 e. The summed E-state index contributed by atoms with van der Waals surface area (Å²) in [4.78, 5) is 23.8. The highest BCUT2D eigenvalue weighted by Gasteiger charge is 2.31. The summed E-state index contributed by atoms with van der Waals surface area (Å²) in [7, 11) is 0. The van der Waals surface area contributed by atoms with Gasteiger partial charge in [0.2, 0.25) is 11.8 Å². The number of carbonyl (C=O) groups excluding carboxylic acids is 2. The summed E-state index contributed by atoms with van der Waals surface area (Å²) in [5.41, 5.74) is 0. The summed E-state index contributed by atoms with van der Waals surface area (Å²) in [6.45, 7) is 2.71. The summed E-state index contributed by atoms with van der Waals surface area (Å²) in [6.07, 6.45) is 3.39. The van der Waals surface area contributed by atoms with Crippen LogP contribution < -0.4 is 5.32 Å². The first-order valence-corrected chi connectivity index (χ1v) is 5.05. The van der Waals surface area contributed by atoms with Gasteiger partial charge in [0.1, 0.15) is 0 Å². The molecular formula is C9H13N5O2. The molecule has 0 bridgehead atoms. The molecule has 0 atom stereocenters. The molecule has 0 unspecified atom stereocenters. The van der Waals surface area contributed by atoms with E-state index in [4.69, 9.17) is 0 Å². The Balaban J connectivity index is 1.76.